The van der Waals surface area contributed by atoms with Gasteiger partial charge in [-0.05, 0) is 40.3 Å². The molecule has 0 spiro atoms. The van der Waals surface area contributed by atoms with Gasteiger partial charge in [0, 0.05) is 24.5 Å². The number of rotatable bonds is 7. The summed E-state index contributed by atoms with van der Waals surface area (Å²) < 4.78 is 0. The Balaban J connectivity index is 2.62. The van der Waals surface area contributed by atoms with Crippen molar-refractivity contribution in [3.05, 3.63) is 15.6 Å². The van der Waals surface area contributed by atoms with Gasteiger partial charge in [0.25, 0.3) is 0 Å². The van der Waals surface area contributed by atoms with Gasteiger partial charge in [-0.3, -0.25) is 0 Å². The number of thiazole rings is 1. The Morgan fingerprint density at radius 2 is 1.95 bits per heavy atom. The van der Waals surface area contributed by atoms with Crippen LogP contribution >= 0.6 is 11.3 Å². The Labute approximate surface area is 139 Å². The number of aromatic nitrogens is 1. The minimum Gasteiger partial charge on any atom is -0.357 e. The second-order valence-corrected chi connectivity index (χ2v) is 7.99. The highest BCUT2D eigenvalue weighted by atomic mass is 32.1. The van der Waals surface area contributed by atoms with Crippen molar-refractivity contribution in [1.29, 1.82) is 0 Å². The predicted molar refractivity (Wildman–Crippen MR) is 96.7 cm³/mol. The van der Waals surface area contributed by atoms with E-state index in [9.17, 15) is 0 Å². The molecule has 0 atom stereocenters. The monoisotopic (exact) mass is 325 g/mol. The summed E-state index contributed by atoms with van der Waals surface area (Å²) in [5, 5.41) is 7.82. The Hall–Kier alpha value is -1.14. The number of aryl methyl sites for hydroxylation is 2. The summed E-state index contributed by atoms with van der Waals surface area (Å²) in [6, 6.07) is 0. The van der Waals surface area contributed by atoms with E-state index in [4.69, 9.17) is 0 Å². The average Bonchev–Trinajstić information content (AvgIpc) is 2.71. The highest BCUT2D eigenvalue weighted by molar-refractivity contribution is 7.11. The van der Waals surface area contributed by atoms with Crippen molar-refractivity contribution >= 4 is 17.3 Å². The number of hydrogen-bond acceptors (Lipinski definition) is 4. The van der Waals surface area contributed by atoms with Crippen LogP contribution in [0, 0.1) is 19.3 Å². The first-order chi connectivity index (χ1) is 10.2. The van der Waals surface area contributed by atoms with Crippen LogP contribution in [0.3, 0.4) is 0 Å². The summed E-state index contributed by atoms with van der Waals surface area (Å²) >= 11 is 1.73. The van der Waals surface area contributed by atoms with Gasteiger partial charge in [-0.1, -0.05) is 13.8 Å². The zero-order valence-electron chi connectivity index (χ0n) is 15.1. The lowest BCUT2D eigenvalue weighted by atomic mass is 9.93. The van der Waals surface area contributed by atoms with Crippen LogP contribution in [0.25, 0.3) is 0 Å². The fourth-order valence-corrected chi connectivity index (χ4v) is 3.19. The van der Waals surface area contributed by atoms with Crippen molar-refractivity contribution in [1.82, 2.24) is 20.5 Å². The summed E-state index contributed by atoms with van der Waals surface area (Å²) in [7, 11) is 4.21. The molecule has 0 radical (unpaired) electrons. The zero-order chi connectivity index (χ0) is 16.8. The first-order valence-corrected chi connectivity index (χ1v) is 8.65. The Bertz CT molecular complexity index is 471. The molecule has 6 heteroatoms. The highest BCUT2D eigenvalue weighted by Gasteiger charge is 2.19. The third-order valence-corrected chi connectivity index (χ3v) is 4.33. The summed E-state index contributed by atoms with van der Waals surface area (Å²) in [6.45, 7) is 14.2. The first kappa shape index (κ1) is 18.9. The zero-order valence-corrected chi connectivity index (χ0v) is 15.9. The van der Waals surface area contributed by atoms with Crippen molar-refractivity contribution in [2.24, 2.45) is 10.4 Å². The van der Waals surface area contributed by atoms with Crippen molar-refractivity contribution in [3.63, 3.8) is 0 Å². The van der Waals surface area contributed by atoms with Crippen LogP contribution in [0.4, 0.5) is 0 Å². The van der Waals surface area contributed by atoms with E-state index >= 15 is 0 Å². The molecule has 1 aromatic rings. The van der Waals surface area contributed by atoms with Gasteiger partial charge in [-0.15, -0.1) is 11.3 Å². The molecule has 0 aliphatic carbocycles. The van der Waals surface area contributed by atoms with Crippen LogP contribution in [-0.4, -0.2) is 49.6 Å². The fraction of sp³-hybridized carbons (Fsp3) is 0.750. The highest BCUT2D eigenvalue weighted by Crippen LogP contribution is 2.17. The third-order valence-electron chi connectivity index (χ3n) is 3.27. The number of guanidine groups is 1. The van der Waals surface area contributed by atoms with Gasteiger partial charge in [-0.2, -0.15) is 0 Å². The molecular weight excluding hydrogens is 294 g/mol. The molecule has 2 N–H and O–H groups in total. The molecule has 1 aromatic heterocycles. The van der Waals surface area contributed by atoms with E-state index < -0.39 is 0 Å². The van der Waals surface area contributed by atoms with Crippen LogP contribution in [0.1, 0.15) is 36.3 Å². The fourth-order valence-electron chi connectivity index (χ4n) is 2.33. The molecule has 0 aliphatic rings. The molecule has 0 amide bonds. The smallest absolute Gasteiger partial charge is 0.191 e. The second-order valence-electron chi connectivity index (χ2n) is 6.70. The van der Waals surface area contributed by atoms with Crippen LogP contribution < -0.4 is 10.6 Å². The van der Waals surface area contributed by atoms with Gasteiger partial charge >= 0.3 is 0 Å². The lowest BCUT2D eigenvalue weighted by Crippen LogP contribution is -2.44. The molecule has 126 valence electrons. The molecule has 0 bridgehead atoms. The second kappa shape index (κ2) is 8.48. The Morgan fingerprint density at radius 1 is 1.27 bits per heavy atom. The van der Waals surface area contributed by atoms with E-state index in [-0.39, 0.29) is 5.41 Å². The molecule has 0 saturated heterocycles. The average molecular weight is 326 g/mol. The largest absolute Gasteiger partial charge is 0.357 e. The topological polar surface area (TPSA) is 52.6 Å². The van der Waals surface area contributed by atoms with Crippen molar-refractivity contribution in [3.8, 4) is 0 Å². The van der Waals surface area contributed by atoms with Crippen molar-refractivity contribution < 1.29 is 0 Å². The lowest BCUT2D eigenvalue weighted by Gasteiger charge is -2.29. The van der Waals surface area contributed by atoms with Gasteiger partial charge in [0.1, 0.15) is 5.01 Å². The minimum atomic E-state index is 0.189. The maximum Gasteiger partial charge on any atom is 0.191 e. The first-order valence-electron chi connectivity index (χ1n) is 7.83. The maximum atomic E-state index is 4.65. The van der Waals surface area contributed by atoms with Gasteiger partial charge < -0.3 is 15.5 Å². The molecule has 0 unspecified atom stereocenters. The van der Waals surface area contributed by atoms with E-state index in [0.717, 1.165) is 36.3 Å². The van der Waals surface area contributed by atoms with Crippen LogP contribution in [0.2, 0.25) is 0 Å². The molecule has 5 nitrogen and oxygen atoms in total. The molecule has 1 heterocycles. The minimum absolute atomic E-state index is 0.189. The number of nitrogens with one attached hydrogen (secondary N) is 2. The van der Waals surface area contributed by atoms with Gasteiger partial charge in [0.2, 0.25) is 0 Å². The number of nitrogens with zero attached hydrogens (tertiary/aromatic N) is 3. The van der Waals surface area contributed by atoms with Crippen LogP contribution in [0.15, 0.2) is 4.99 Å². The van der Waals surface area contributed by atoms with Crippen LogP contribution in [-0.2, 0) is 6.54 Å². The van der Waals surface area contributed by atoms with Crippen molar-refractivity contribution in [2.45, 2.75) is 41.2 Å². The van der Waals surface area contributed by atoms with E-state index in [1.165, 1.54) is 4.88 Å². The molecule has 0 saturated carbocycles. The Kier molecular flexibility index (Phi) is 7.29. The summed E-state index contributed by atoms with van der Waals surface area (Å²) in [6.07, 6.45) is 0. The van der Waals surface area contributed by atoms with Gasteiger partial charge in [-0.25, -0.2) is 9.98 Å². The summed E-state index contributed by atoms with van der Waals surface area (Å²) in [5.41, 5.74) is 1.30. The van der Waals surface area contributed by atoms with E-state index in [1.807, 2.05) is 6.92 Å². The molecular formula is C16H31N5S. The van der Waals surface area contributed by atoms with Gasteiger partial charge in [0.15, 0.2) is 5.96 Å². The molecule has 0 aliphatic heterocycles. The normalized spacial score (nSPS) is 12.8. The molecule has 0 fully saturated rings. The number of aliphatic imine (C=N–C) groups is 1. The molecule has 1 rings (SSSR count). The quantitative estimate of drug-likeness (QED) is 0.597. The standard InChI is InChI=1S/C16H31N5S/c1-8-17-15(19-10-16(4,5)11-21(6)7)18-9-14-20-12(2)13(3)22-14/h8-11H2,1-7H3,(H2,17,18,19). The predicted octanol–water partition coefficient (Wildman–Crippen LogP) is 2.40. The lowest BCUT2D eigenvalue weighted by molar-refractivity contribution is 0.241. The third kappa shape index (κ3) is 6.75. The summed E-state index contributed by atoms with van der Waals surface area (Å²) in [4.78, 5) is 12.7. The summed E-state index contributed by atoms with van der Waals surface area (Å²) in [5.74, 6) is 0.861. The Morgan fingerprint density at radius 3 is 2.45 bits per heavy atom. The van der Waals surface area contributed by atoms with E-state index in [2.05, 4.69) is 67.3 Å². The SMILES string of the molecule is CCNC(=NCc1nc(C)c(C)s1)NCC(C)(C)CN(C)C. The maximum absolute atomic E-state index is 4.65. The van der Waals surface area contributed by atoms with E-state index in [1.54, 1.807) is 11.3 Å². The van der Waals surface area contributed by atoms with Crippen LogP contribution in [0.5, 0.6) is 0 Å². The van der Waals surface area contributed by atoms with E-state index in [0.29, 0.717) is 6.54 Å². The molecule has 0 aromatic carbocycles. The van der Waals surface area contributed by atoms with Gasteiger partial charge in [0.05, 0.1) is 12.2 Å². The molecule has 22 heavy (non-hydrogen) atoms. The van der Waals surface area contributed by atoms with Crippen molar-refractivity contribution in [2.75, 3.05) is 33.7 Å². The number of hydrogen-bond donors (Lipinski definition) is 2.